The van der Waals surface area contributed by atoms with E-state index in [1.165, 1.54) is 0 Å². The number of thioether (sulfide) groups is 1. The van der Waals surface area contributed by atoms with E-state index in [1.54, 1.807) is 0 Å². The molecule has 6 heteroatoms. The molecule has 1 aromatic rings. The molecule has 1 aliphatic rings. The smallest absolute Gasteiger partial charge is 0.224 e. The van der Waals surface area contributed by atoms with Gasteiger partial charge in [-0.05, 0) is 19.4 Å². The third kappa shape index (κ3) is 3.74. The van der Waals surface area contributed by atoms with Crippen LogP contribution in [-0.4, -0.2) is 66.6 Å². The van der Waals surface area contributed by atoms with Crippen molar-refractivity contribution in [2.24, 2.45) is 0 Å². The summed E-state index contributed by atoms with van der Waals surface area (Å²) in [5, 5.41) is 3.25. The van der Waals surface area contributed by atoms with Gasteiger partial charge in [-0.1, -0.05) is 0 Å². The molecule has 0 amide bonds. The molecule has 5 nitrogen and oxygen atoms in total. The van der Waals surface area contributed by atoms with Gasteiger partial charge in [0.15, 0.2) is 0 Å². The highest BCUT2D eigenvalue weighted by molar-refractivity contribution is 7.98. The predicted molar refractivity (Wildman–Crippen MR) is 78.6 cm³/mol. The first-order chi connectivity index (χ1) is 8.79. The fourth-order valence-electron chi connectivity index (χ4n) is 1.91. The topological polar surface area (TPSA) is 44.3 Å². The highest BCUT2D eigenvalue weighted by Crippen LogP contribution is 2.14. The molecule has 2 rings (SSSR count). The summed E-state index contributed by atoms with van der Waals surface area (Å²) in [4.78, 5) is 13.5. The molecule has 0 bridgehead atoms. The fourth-order valence-corrected chi connectivity index (χ4v) is 2.22. The Kier molecular flexibility index (Phi) is 5.07. The molecule has 2 heterocycles. The number of likely N-dealkylation sites (N-methyl/N-ethyl adjacent to an activating group) is 1. The van der Waals surface area contributed by atoms with Gasteiger partial charge in [0.05, 0.1) is 0 Å². The van der Waals surface area contributed by atoms with Gasteiger partial charge in [0.25, 0.3) is 0 Å². The monoisotopic (exact) mass is 267 g/mol. The number of aromatic nitrogens is 2. The van der Waals surface area contributed by atoms with Crippen LogP contribution in [0.3, 0.4) is 0 Å². The molecule has 0 unspecified atom stereocenters. The lowest BCUT2D eigenvalue weighted by molar-refractivity contribution is 0.312. The summed E-state index contributed by atoms with van der Waals surface area (Å²) in [6, 6.07) is 1.99. The maximum absolute atomic E-state index is 4.57. The van der Waals surface area contributed by atoms with Crippen molar-refractivity contribution in [1.29, 1.82) is 0 Å². The van der Waals surface area contributed by atoms with Gasteiger partial charge in [0.1, 0.15) is 5.82 Å². The molecule has 1 N–H and O–H groups in total. The van der Waals surface area contributed by atoms with Crippen LogP contribution in [0.4, 0.5) is 11.8 Å². The predicted octanol–water partition coefficient (Wildman–Crippen LogP) is 1.00. The van der Waals surface area contributed by atoms with Crippen LogP contribution in [0, 0.1) is 0 Å². The molecule has 0 atom stereocenters. The Morgan fingerprint density at radius 2 is 2.11 bits per heavy atom. The van der Waals surface area contributed by atoms with Crippen LogP contribution in [0.5, 0.6) is 0 Å². The lowest BCUT2D eigenvalue weighted by atomic mass is 10.3. The highest BCUT2D eigenvalue weighted by Gasteiger charge is 2.15. The van der Waals surface area contributed by atoms with Crippen molar-refractivity contribution >= 4 is 23.5 Å². The van der Waals surface area contributed by atoms with Crippen LogP contribution in [0.25, 0.3) is 0 Å². The maximum atomic E-state index is 4.57. The highest BCUT2D eigenvalue weighted by atomic mass is 32.2. The van der Waals surface area contributed by atoms with Gasteiger partial charge in [0, 0.05) is 44.7 Å². The normalized spacial score (nSPS) is 16.9. The summed E-state index contributed by atoms with van der Waals surface area (Å²) in [5.74, 6) is 2.84. The molecule has 0 aromatic carbocycles. The van der Waals surface area contributed by atoms with Crippen LogP contribution in [0.15, 0.2) is 12.3 Å². The molecular formula is C12H21N5S. The lowest BCUT2D eigenvalue weighted by Crippen LogP contribution is -2.44. The van der Waals surface area contributed by atoms with E-state index in [9.17, 15) is 0 Å². The lowest BCUT2D eigenvalue weighted by Gasteiger charge is -2.33. The van der Waals surface area contributed by atoms with Crippen molar-refractivity contribution in [3.8, 4) is 0 Å². The number of rotatable bonds is 5. The molecule has 0 aliphatic carbocycles. The molecule has 0 radical (unpaired) electrons. The van der Waals surface area contributed by atoms with Crippen molar-refractivity contribution in [3.63, 3.8) is 0 Å². The summed E-state index contributed by atoms with van der Waals surface area (Å²) in [6.07, 6.45) is 3.94. The SMILES string of the molecule is CSCCNc1nccc(N2CCN(C)CC2)n1. The van der Waals surface area contributed by atoms with Crippen molar-refractivity contribution in [3.05, 3.63) is 12.3 Å². The average molecular weight is 267 g/mol. The van der Waals surface area contributed by atoms with E-state index in [-0.39, 0.29) is 0 Å². The maximum Gasteiger partial charge on any atom is 0.224 e. The Bertz CT molecular complexity index is 365. The van der Waals surface area contributed by atoms with Crippen LogP contribution in [0.1, 0.15) is 0 Å². The number of hydrogen-bond donors (Lipinski definition) is 1. The van der Waals surface area contributed by atoms with Gasteiger partial charge in [-0.25, -0.2) is 4.98 Å². The molecule has 1 saturated heterocycles. The summed E-state index contributed by atoms with van der Waals surface area (Å²) < 4.78 is 0. The van der Waals surface area contributed by atoms with Crippen molar-refractivity contribution < 1.29 is 0 Å². The van der Waals surface area contributed by atoms with Gasteiger partial charge >= 0.3 is 0 Å². The first-order valence-electron chi connectivity index (χ1n) is 6.29. The molecule has 0 spiro atoms. The number of anilines is 2. The molecule has 0 saturated carbocycles. The zero-order valence-electron chi connectivity index (χ0n) is 11.1. The van der Waals surface area contributed by atoms with Gasteiger partial charge < -0.3 is 15.1 Å². The summed E-state index contributed by atoms with van der Waals surface area (Å²) in [7, 11) is 2.16. The summed E-state index contributed by atoms with van der Waals surface area (Å²) >= 11 is 1.82. The third-order valence-corrected chi connectivity index (χ3v) is 3.67. The van der Waals surface area contributed by atoms with Crippen LogP contribution < -0.4 is 10.2 Å². The van der Waals surface area contributed by atoms with E-state index in [0.29, 0.717) is 0 Å². The van der Waals surface area contributed by atoms with Crippen molar-refractivity contribution in [2.45, 2.75) is 0 Å². The van der Waals surface area contributed by atoms with Gasteiger partial charge in [-0.2, -0.15) is 16.7 Å². The van der Waals surface area contributed by atoms with Crippen LogP contribution in [0.2, 0.25) is 0 Å². The second-order valence-electron chi connectivity index (χ2n) is 4.45. The fraction of sp³-hybridized carbons (Fsp3) is 0.667. The molecule has 1 aliphatic heterocycles. The van der Waals surface area contributed by atoms with E-state index < -0.39 is 0 Å². The van der Waals surface area contributed by atoms with Gasteiger partial charge in [-0.3, -0.25) is 0 Å². The van der Waals surface area contributed by atoms with Crippen LogP contribution in [-0.2, 0) is 0 Å². The number of hydrogen-bond acceptors (Lipinski definition) is 6. The van der Waals surface area contributed by atoms with Gasteiger partial charge in [0.2, 0.25) is 5.95 Å². The molecule has 18 heavy (non-hydrogen) atoms. The number of nitrogens with zero attached hydrogens (tertiary/aromatic N) is 4. The standard InChI is InChI=1S/C12H21N5S/c1-16-6-8-17(9-7-16)11-3-4-13-12(15-11)14-5-10-18-2/h3-4H,5-10H2,1-2H3,(H,13,14,15). The van der Waals surface area contributed by atoms with E-state index in [0.717, 1.165) is 50.2 Å². The minimum Gasteiger partial charge on any atom is -0.354 e. The largest absolute Gasteiger partial charge is 0.354 e. The van der Waals surface area contributed by atoms with Crippen molar-refractivity contribution in [1.82, 2.24) is 14.9 Å². The number of piperazine rings is 1. The van der Waals surface area contributed by atoms with E-state index >= 15 is 0 Å². The van der Waals surface area contributed by atoms with E-state index in [1.807, 2.05) is 24.0 Å². The molecule has 100 valence electrons. The molecule has 1 aromatic heterocycles. The first kappa shape index (κ1) is 13.4. The number of nitrogens with one attached hydrogen (secondary N) is 1. The zero-order chi connectivity index (χ0) is 12.8. The molecule has 1 fully saturated rings. The average Bonchev–Trinajstić information content (AvgIpc) is 2.40. The van der Waals surface area contributed by atoms with E-state index in [4.69, 9.17) is 0 Å². The van der Waals surface area contributed by atoms with Crippen LogP contribution >= 0.6 is 11.8 Å². The van der Waals surface area contributed by atoms with E-state index in [2.05, 4.69) is 38.4 Å². The quantitative estimate of drug-likeness (QED) is 0.803. The Morgan fingerprint density at radius 3 is 2.83 bits per heavy atom. The Labute approximate surface area is 113 Å². The Hall–Kier alpha value is -1.01. The first-order valence-corrected chi connectivity index (χ1v) is 7.68. The summed E-state index contributed by atoms with van der Waals surface area (Å²) in [6.45, 7) is 5.18. The molecular weight excluding hydrogens is 246 g/mol. The summed E-state index contributed by atoms with van der Waals surface area (Å²) in [5.41, 5.74) is 0. The Balaban J connectivity index is 1.94. The Morgan fingerprint density at radius 1 is 1.33 bits per heavy atom. The second kappa shape index (κ2) is 6.80. The van der Waals surface area contributed by atoms with Gasteiger partial charge in [-0.15, -0.1) is 0 Å². The van der Waals surface area contributed by atoms with Crippen molar-refractivity contribution in [2.75, 3.05) is 62.0 Å². The minimum atomic E-state index is 0.737. The zero-order valence-corrected chi connectivity index (χ0v) is 11.9. The minimum absolute atomic E-state index is 0.737. The second-order valence-corrected chi connectivity index (χ2v) is 5.43. The third-order valence-electron chi connectivity index (χ3n) is 3.06.